The summed E-state index contributed by atoms with van der Waals surface area (Å²) in [5, 5.41) is 3.57. The van der Waals surface area contributed by atoms with Crippen molar-refractivity contribution in [2.24, 2.45) is 0 Å². The lowest BCUT2D eigenvalue weighted by molar-refractivity contribution is -0.318. The van der Waals surface area contributed by atoms with Crippen LogP contribution in [0.2, 0.25) is 0 Å². The maximum atomic E-state index is 17.5. The Morgan fingerprint density at radius 3 is 1.52 bits per heavy atom. The lowest BCUT2D eigenvalue weighted by Gasteiger charge is -2.29. The van der Waals surface area contributed by atoms with Crippen molar-refractivity contribution in [1.29, 1.82) is 0 Å². The fourth-order valence-electron chi connectivity index (χ4n) is 7.96. The molecule has 0 amide bonds. The number of H-pyrrole nitrogens is 2. The molecule has 0 saturated carbocycles. The van der Waals surface area contributed by atoms with Crippen molar-refractivity contribution in [2.75, 3.05) is 0 Å². The van der Waals surface area contributed by atoms with Crippen molar-refractivity contribution in [3.8, 4) is 0 Å². The Balaban J connectivity index is 1.41. The third kappa shape index (κ3) is 4.50. The van der Waals surface area contributed by atoms with Crippen molar-refractivity contribution < 1.29 is 17.5 Å². The van der Waals surface area contributed by atoms with Crippen molar-refractivity contribution in [3.05, 3.63) is 210 Å². The van der Waals surface area contributed by atoms with Crippen LogP contribution in [0, 0.1) is 31.5 Å². The zero-order chi connectivity index (χ0) is 35.3. The van der Waals surface area contributed by atoms with Gasteiger partial charge in [-0.15, -0.1) is 0 Å². The molecule has 8 heteroatoms. The Morgan fingerprint density at radius 2 is 0.962 bits per heavy atom. The van der Waals surface area contributed by atoms with E-state index in [0.717, 1.165) is 60.8 Å². The molecule has 0 unspecified atom stereocenters. The number of benzene rings is 3. The van der Waals surface area contributed by atoms with E-state index in [1.165, 1.54) is 8.96 Å². The van der Waals surface area contributed by atoms with E-state index in [1.807, 2.05) is 79.7 Å². The van der Waals surface area contributed by atoms with Gasteiger partial charge >= 0.3 is 6.97 Å². The minimum atomic E-state index is -4.35. The monoisotopic (exact) mass is 682 g/mol. The number of hydrogen-bond donors (Lipinski definition) is 2. The first-order valence-corrected chi connectivity index (χ1v) is 17.5. The predicted octanol–water partition coefficient (Wildman–Crippen LogP) is 6.02. The van der Waals surface area contributed by atoms with Gasteiger partial charge < -0.3 is 32.0 Å². The maximum absolute atomic E-state index is 17.5. The van der Waals surface area contributed by atoms with E-state index >= 15 is 8.63 Å². The first-order chi connectivity index (χ1) is 25.2. The molecule has 7 heterocycles. The van der Waals surface area contributed by atoms with Crippen molar-refractivity contribution >= 4 is 35.1 Å². The number of aryl methyl sites for hydroxylation is 3. The third-order valence-corrected chi connectivity index (χ3v) is 10.6. The van der Waals surface area contributed by atoms with Crippen LogP contribution in [-0.4, -0.2) is 31.6 Å². The second-order valence-corrected chi connectivity index (χ2v) is 14.0. The van der Waals surface area contributed by atoms with Crippen molar-refractivity contribution in [3.63, 3.8) is 0 Å². The summed E-state index contributed by atoms with van der Waals surface area (Å²) in [6, 6.07) is 40.0. The molecule has 4 aromatic heterocycles. The van der Waals surface area contributed by atoms with E-state index in [1.54, 1.807) is 12.1 Å². The van der Waals surface area contributed by atoms with Gasteiger partial charge in [0, 0.05) is 34.0 Å². The van der Waals surface area contributed by atoms with Gasteiger partial charge in [-0.05, 0) is 86.0 Å². The molecular weight excluding hydrogens is 649 g/mol. The lowest BCUT2D eigenvalue weighted by atomic mass is 9.88. The molecule has 5 nitrogen and oxygen atoms in total. The highest BCUT2D eigenvalue weighted by Gasteiger charge is 2.53. The van der Waals surface area contributed by atoms with Crippen LogP contribution in [0.5, 0.6) is 0 Å². The van der Waals surface area contributed by atoms with E-state index in [2.05, 4.69) is 72.3 Å². The van der Waals surface area contributed by atoms with Crippen LogP contribution >= 0.6 is 0 Å². The summed E-state index contributed by atoms with van der Waals surface area (Å²) in [6.07, 6.45) is 3.63. The van der Waals surface area contributed by atoms with E-state index in [9.17, 15) is 0 Å². The number of halogens is 2. The molecule has 0 atom stereocenters. The average Bonchev–Trinajstić information content (AvgIpc) is 3.98. The smallest absolute Gasteiger partial charge is 0.456 e. The van der Waals surface area contributed by atoms with Crippen molar-refractivity contribution in [1.82, 2.24) is 14.4 Å². The summed E-state index contributed by atoms with van der Waals surface area (Å²) in [7, 11) is 0. The quantitative estimate of drug-likeness (QED) is 0.220. The number of nitrogens with one attached hydrogen (secondary N) is 2. The summed E-state index contributed by atoms with van der Waals surface area (Å²) >= 11 is 0. The Labute approximate surface area is 297 Å². The number of aromatic amines is 2. The minimum Gasteiger partial charge on any atom is -0.456 e. The van der Waals surface area contributed by atoms with Gasteiger partial charge in [-0.3, -0.25) is 0 Å². The molecule has 252 valence electrons. The summed E-state index contributed by atoms with van der Waals surface area (Å²) < 4.78 is 44.4. The van der Waals surface area contributed by atoms with E-state index in [4.69, 9.17) is 4.42 Å². The molecule has 0 fully saturated rings. The molecule has 52 heavy (non-hydrogen) atoms. The van der Waals surface area contributed by atoms with Gasteiger partial charge in [0.2, 0.25) is 0 Å². The second-order valence-electron chi connectivity index (χ2n) is 14.0. The Morgan fingerprint density at radius 1 is 0.500 bits per heavy atom. The fraction of sp³-hybridized carbons (Fsp3) is 0.0682. The highest BCUT2D eigenvalue weighted by Crippen LogP contribution is 2.32. The van der Waals surface area contributed by atoms with Gasteiger partial charge in [-0.1, -0.05) is 89.5 Å². The number of hydrogen-bond acceptors (Lipinski definition) is 1. The van der Waals surface area contributed by atoms with Crippen LogP contribution in [0.3, 0.4) is 0 Å². The van der Waals surface area contributed by atoms with Crippen LogP contribution in [0.25, 0.3) is 22.4 Å². The van der Waals surface area contributed by atoms with Crippen LogP contribution in [-0.2, 0) is 0 Å². The lowest BCUT2D eigenvalue weighted by Crippen LogP contribution is -2.56. The number of aromatic nitrogens is 3. The van der Waals surface area contributed by atoms with Crippen LogP contribution in [0.4, 0.5) is 8.63 Å². The molecule has 0 radical (unpaired) electrons. The molecule has 3 aromatic carbocycles. The van der Waals surface area contributed by atoms with Gasteiger partial charge in [-0.2, -0.15) is 0 Å². The molecular formula is C44H33BF2N4O. The summed E-state index contributed by atoms with van der Waals surface area (Å²) in [5.41, 5.74) is 9.45. The van der Waals surface area contributed by atoms with Gasteiger partial charge in [-0.25, -0.2) is 0 Å². The molecule has 7 aromatic rings. The Bertz CT molecular complexity index is 3050. The minimum absolute atomic E-state index is 0.402. The first kappa shape index (κ1) is 30.4. The maximum Gasteiger partial charge on any atom is 0.738 e. The number of furan rings is 1. The molecule has 3 aliphatic heterocycles. The summed E-state index contributed by atoms with van der Waals surface area (Å²) in [5.74, 6) is 1.33. The molecule has 8 bridgehead atoms. The number of nitrogens with zero attached hydrogens (tertiary/aromatic N) is 2. The Hall–Kier alpha value is -6.41. The first-order valence-electron chi connectivity index (χ1n) is 17.5. The number of fused-ring (bicyclic) bond motifs is 6. The van der Waals surface area contributed by atoms with E-state index < -0.39 is 6.97 Å². The molecule has 2 N–H and O–H groups in total. The van der Waals surface area contributed by atoms with E-state index in [-0.39, 0.29) is 0 Å². The summed E-state index contributed by atoms with van der Waals surface area (Å²) in [4.78, 5) is 7.08. The zero-order valence-electron chi connectivity index (χ0n) is 28.8. The summed E-state index contributed by atoms with van der Waals surface area (Å²) in [6.45, 7) is 1.79. The fourth-order valence-corrected chi connectivity index (χ4v) is 7.96. The van der Waals surface area contributed by atoms with Gasteiger partial charge in [0.15, 0.2) is 11.4 Å². The molecule has 3 aliphatic rings. The SMILES string of the molecule is Cc1ccc(C2=c3ccc([nH]3)=C3C=CC4=[N+]3[B-](F)(F)n3c(ccc3=c3ccc([nH]3)=C(c3ccc(C)cc3)c3ccc2o3)=C4c2ccc(C)cc2)cc1. The van der Waals surface area contributed by atoms with E-state index in [0.29, 0.717) is 44.3 Å². The van der Waals surface area contributed by atoms with Gasteiger partial charge in [0.05, 0.1) is 21.6 Å². The topological polar surface area (TPSA) is 52.7 Å². The largest absolute Gasteiger partial charge is 0.738 e. The van der Waals surface area contributed by atoms with Crippen molar-refractivity contribution in [2.45, 2.75) is 20.8 Å². The molecule has 0 aliphatic carbocycles. The molecule has 0 spiro atoms. The normalized spacial score (nSPS) is 15.6. The zero-order valence-corrected chi connectivity index (χ0v) is 28.8. The van der Waals surface area contributed by atoms with Gasteiger partial charge in [0.1, 0.15) is 16.9 Å². The average molecular weight is 683 g/mol. The standard InChI is InChI=1S/C44H33BF2N4O/c1-26-4-10-29(11-5-26)42-34-18-16-32(48-34)36-20-22-38-44(31-14-8-28(3)9-15-31)39-23-21-37(51(39)45(46,47)50(36)38)33-17-19-35(49-33)43(41-25-24-40(42)52-41)30-12-6-27(2)7-13-30/h4-25,48-49H,1-3H3. The molecule has 0 saturated heterocycles. The third-order valence-electron chi connectivity index (χ3n) is 10.6. The highest BCUT2D eigenvalue weighted by atomic mass is 19.2. The van der Waals surface area contributed by atoms with Gasteiger partial charge in [0.25, 0.3) is 0 Å². The number of rotatable bonds is 3. The van der Waals surface area contributed by atoms with Crippen LogP contribution in [0.15, 0.2) is 138 Å². The Kier molecular flexibility index (Phi) is 6.46. The second kappa shape index (κ2) is 11.0. The van der Waals surface area contributed by atoms with Crippen LogP contribution in [0.1, 0.15) is 44.9 Å². The predicted molar refractivity (Wildman–Crippen MR) is 201 cm³/mol. The number of allylic oxidation sites excluding steroid dienone is 1. The van der Waals surface area contributed by atoms with Crippen LogP contribution < -0.4 is 21.4 Å². The highest BCUT2D eigenvalue weighted by molar-refractivity contribution is 6.59. The molecule has 10 rings (SSSR count).